The van der Waals surface area contributed by atoms with E-state index >= 15 is 0 Å². The fraction of sp³-hybridized carbons (Fsp3) is 0.654. The smallest absolute Gasteiger partial charge is 0.273 e. The summed E-state index contributed by atoms with van der Waals surface area (Å²) in [6.45, 7) is 9.00. The highest BCUT2D eigenvalue weighted by Crippen LogP contribution is 2.25. The average molecular weight is 487 g/mol. The fourth-order valence-corrected chi connectivity index (χ4v) is 4.76. The normalized spacial score (nSPS) is 19.9. The van der Waals surface area contributed by atoms with E-state index in [1.165, 1.54) is 0 Å². The van der Waals surface area contributed by atoms with Crippen LogP contribution in [0.1, 0.15) is 56.9 Å². The maximum absolute atomic E-state index is 13.4. The minimum Gasteiger partial charge on any atom is -0.388 e. The summed E-state index contributed by atoms with van der Waals surface area (Å²) in [5.41, 5.74) is -0.307. The fourth-order valence-electron chi connectivity index (χ4n) is 4.76. The molecule has 0 bridgehead atoms. The number of carbonyl (C=O) groups excluding carboxylic acids is 2. The Labute approximate surface area is 206 Å². The lowest BCUT2D eigenvalue weighted by Gasteiger charge is -2.34. The van der Waals surface area contributed by atoms with Gasteiger partial charge in [0.05, 0.1) is 11.1 Å². The molecule has 9 nitrogen and oxygen atoms in total. The van der Waals surface area contributed by atoms with Crippen molar-refractivity contribution in [3.63, 3.8) is 0 Å². The predicted octanol–water partition coefficient (Wildman–Crippen LogP) is 2.27. The predicted molar refractivity (Wildman–Crippen MR) is 132 cm³/mol. The lowest BCUT2D eigenvalue weighted by atomic mass is 9.85. The molecule has 2 aromatic rings. The molecule has 9 heteroatoms. The number of hydrogen-bond donors (Lipinski definition) is 3. The van der Waals surface area contributed by atoms with E-state index in [9.17, 15) is 14.7 Å². The monoisotopic (exact) mass is 486 g/mol. The van der Waals surface area contributed by atoms with Crippen LogP contribution in [0.25, 0.3) is 10.9 Å². The van der Waals surface area contributed by atoms with Crippen molar-refractivity contribution in [3.8, 4) is 0 Å². The number of fused-ring (bicyclic) bond motifs is 1. The summed E-state index contributed by atoms with van der Waals surface area (Å²) >= 11 is 0. The minimum atomic E-state index is -0.987. The van der Waals surface area contributed by atoms with Gasteiger partial charge in [0, 0.05) is 57.7 Å². The Morgan fingerprint density at radius 3 is 2.49 bits per heavy atom. The summed E-state index contributed by atoms with van der Waals surface area (Å²) in [6, 6.07) is 6.91. The van der Waals surface area contributed by atoms with Crippen LogP contribution in [0.15, 0.2) is 24.3 Å². The molecule has 192 valence electrons. The number of para-hydroxylation sites is 1. The van der Waals surface area contributed by atoms with Gasteiger partial charge >= 0.3 is 0 Å². The molecule has 2 amide bonds. The molecule has 0 radical (unpaired) electrons. The first-order chi connectivity index (χ1) is 16.7. The van der Waals surface area contributed by atoms with E-state index in [0.717, 1.165) is 43.5 Å². The maximum atomic E-state index is 13.4. The number of aliphatic hydroxyl groups is 1. The molecule has 3 N–H and O–H groups in total. The van der Waals surface area contributed by atoms with Gasteiger partial charge in [-0.2, -0.15) is 5.10 Å². The summed E-state index contributed by atoms with van der Waals surface area (Å²) in [5, 5.41) is 22.0. The number of aromatic nitrogens is 2. The Kier molecular flexibility index (Phi) is 7.78. The third kappa shape index (κ3) is 6.20. The molecule has 35 heavy (non-hydrogen) atoms. The second kappa shape index (κ2) is 10.6. The van der Waals surface area contributed by atoms with E-state index in [0.29, 0.717) is 37.7 Å². The van der Waals surface area contributed by atoms with E-state index < -0.39 is 17.1 Å². The molecule has 0 saturated carbocycles. The van der Waals surface area contributed by atoms with Crippen molar-refractivity contribution in [2.45, 2.75) is 64.6 Å². The van der Waals surface area contributed by atoms with Gasteiger partial charge in [-0.15, -0.1) is 0 Å². The quantitative estimate of drug-likeness (QED) is 0.553. The summed E-state index contributed by atoms with van der Waals surface area (Å²) in [6.07, 6.45) is 2.88. The molecule has 2 saturated heterocycles. The number of benzene rings is 1. The first-order valence-corrected chi connectivity index (χ1v) is 12.6. The van der Waals surface area contributed by atoms with Crippen molar-refractivity contribution in [3.05, 3.63) is 30.0 Å². The topological polar surface area (TPSA) is 115 Å². The van der Waals surface area contributed by atoms with Crippen LogP contribution in [0.2, 0.25) is 0 Å². The minimum absolute atomic E-state index is 0.125. The van der Waals surface area contributed by atoms with Gasteiger partial charge in [-0.1, -0.05) is 39.0 Å². The van der Waals surface area contributed by atoms with Gasteiger partial charge in [-0.3, -0.25) is 14.3 Å². The summed E-state index contributed by atoms with van der Waals surface area (Å²) in [4.78, 5) is 26.6. The molecule has 2 fully saturated rings. The number of ether oxygens (including phenoxy) is 2. The van der Waals surface area contributed by atoms with Crippen molar-refractivity contribution < 1.29 is 24.2 Å². The van der Waals surface area contributed by atoms with Crippen LogP contribution in [-0.4, -0.2) is 71.3 Å². The summed E-state index contributed by atoms with van der Waals surface area (Å²) < 4.78 is 12.7. The standard InChI is InChI=1S/C26H38N4O5/c1-25(2,3)22(24(32)27-17-26(33)10-14-35-15-11-26)28-23(31)21-19-6-4-5-7-20(19)30(29-21)16-18-8-12-34-13-9-18/h4-7,18,22,33H,8-17H2,1-3H3,(H,27,32)(H,28,31)/t22-/m1/s1. The van der Waals surface area contributed by atoms with E-state index in [-0.39, 0.29) is 18.4 Å². The molecule has 2 aliphatic heterocycles. The van der Waals surface area contributed by atoms with Crippen LogP contribution < -0.4 is 10.6 Å². The first-order valence-electron chi connectivity index (χ1n) is 12.6. The molecule has 3 heterocycles. The summed E-state index contributed by atoms with van der Waals surface area (Å²) in [5.74, 6) is -0.254. The second-order valence-corrected chi connectivity index (χ2v) is 10.9. The Hall–Kier alpha value is -2.49. The van der Waals surface area contributed by atoms with Crippen LogP contribution in [0.5, 0.6) is 0 Å². The number of hydrogen-bond acceptors (Lipinski definition) is 6. The first kappa shape index (κ1) is 25.6. The molecule has 1 aromatic heterocycles. The molecule has 1 aromatic carbocycles. The average Bonchev–Trinajstić information content (AvgIpc) is 3.20. The largest absolute Gasteiger partial charge is 0.388 e. The van der Waals surface area contributed by atoms with Gasteiger partial charge in [-0.25, -0.2) is 0 Å². The van der Waals surface area contributed by atoms with E-state index in [4.69, 9.17) is 9.47 Å². The highest BCUT2D eigenvalue weighted by molar-refractivity contribution is 6.06. The second-order valence-electron chi connectivity index (χ2n) is 10.9. The molecule has 1 atom stereocenters. The highest BCUT2D eigenvalue weighted by atomic mass is 16.5. The number of nitrogens with zero attached hydrogens (tertiary/aromatic N) is 2. The van der Waals surface area contributed by atoms with Gasteiger partial charge in [0.25, 0.3) is 5.91 Å². The SMILES string of the molecule is CC(C)(C)[C@H](NC(=O)c1nn(CC2CCOCC2)c2ccccc12)C(=O)NCC1(O)CCOCC1. The van der Waals surface area contributed by atoms with Crippen LogP contribution in [0.4, 0.5) is 0 Å². The van der Waals surface area contributed by atoms with Crippen LogP contribution in [-0.2, 0) is 20.8 Å². The van der Waals surface area contributed by atoms with Crippen molar-refractivity contribution in [1.82, 2.24) is 20.4 Å². The Balaban J connectivity index is 1.50. The third-order valence-electron chi connectivity index (χ3n) is 7.06. The van der Waals surface area contributed by atoms with Gasteiger partial charge in [0.2, 0.25) is 5.91 Å². The van der Waals surface area contributed by atoms with Crippen molar-refractivity contribution in [1.29, 1.82) is 0 Å². The highest BCUT2D eigenvalue weighted by Gasteiger charge is 2.36. The van der Waals surface area contributed by atoms with E-state index in [1.807, 2.05) is 49.7 Å². The molecule has 4 rings (SSSR count). The molecule has 0 aliphatic carbocycles. The number of amides is 2. The Morgan fingerprint density at radius 2 is 1.80 bits per heavy atom. The van der Waals surface area contributed by atoms with E-state index in [2.05, 4.69) is 15.7 Å². The number of carbonyl (C=O) groups is 2. The zero-order chi connectivity index (χ0) is 25.1. The Morgan fingerprint density at radius 1 is 1.14 bits per heavy atom. The van der Waals surface area contributed by atoms with Crippen LogP contribution in [0.3, 0.4) is 0 Å². The van der Waals surface area contributed by atoms with Gasteiger partial charge in [0.15, 0.2) is 5.69 Å². The van der Waals surface area contributed by atoms with Crippen molar-refractivity contribution in [2.24, 2.45) is 11.3 Å². The number of nitrogens with one attached hydrogen (secondary N) is 2. The zero-order valence-corrected chi connectivity index (χ0v) is 21.0. The lowest BCUT2D eigenvalue weighted by Crippen LogP contribution is -2.56. The third-order valence-corrected chi connectivity index (χ3v) is 7.06. The van der Waals surface area contributed by atoms with Gasteiger partial charge in [0.1, 0.15) is 6.04 Å². The van der Waals surface area contributed by atoms with Gasteiger partial charge < -0.3 is 25.2 Å². The van der Waals surface area contributed by atoms with Gasteiger partial charge in [-0.05, 0) is 30.2 Å². The molecule has 2 aliphatic rings. The van der Waals surface area contributed by atoms with Crippen molar-refractivity contribution in [2.75, 3.05) is 33.0 Å². The molecular weight excluding hydrogens is 448 g/mol. The lowest BCUT2D eigenvalue weighted by molar-refractivity contribution is -0.128. The molecular formula is C26H38N4O5. The van der Waals surface area contributed by atoms with Crippen molar-refractivity contribution >= 4 is 22.7 Å². The van der Waals surface area contributed by atoms with Crippen LogP contribution in [0, 0.1) is 11.3 Å². The maximum Gasteiger partial charge on any atom is 0.273 e. The number of rotatable bonds is 7. The Bertz CT molecular complexity index is 1030. The molecule has 0 spiro atoms. The van der Waals surface area contributed by atoms with Crippen LogP contribution >= 0.6 is 0 Å². The molecule has 0 unspecified atom stereocenters. The zero-order valence-electron chi connectivity index (χ0n) is 21.0. The summed E-state index contributed by atoms with van der Waals surface area (Å²) in [7, 11) is 0. The van der Waals surface area contributed by atoms with E-state index in [1.54, 1.807) is 0 Å².